The van der Waals surface area contributed by atoms with E-state index < -0.39 is 0 Å². The van der Waals surface area contributed by atoms with Crippen molar-refractivity contribution in [2.24, 2.45) is 0 Å². The average Bonchev–Trinajstić information content (AvgIpc) is 3.08. The number of nitrogens with one attached hydrogen (secondary N) is 1. The Kier molecular flexibility index (Phi) is 3.33. The lowest BCUT2D eigenvalue weighted by atomic mass is 10.1. The quantitative estimate of drug-likeness (QED) is 0.932. The van der Waals surface area contributed by atoms with Crippen LogP contribution in [0.5, 0.6) is 0 Å². The number of halogens is 1. The Hall–Kier alpha value is -0.970. The Morgan fingerprint density at radius 2 is 2.22 bits per heavy atom. The fourth-order valence-electron chi connectivity index (χ4n) is 1.79. The first-order valence-electron chi connectivity index (χ1n) is 6.05. The summed E-state index contributed by atoms with van der Waals surface area (Å²) < 4.78 is 0. The monoisotopic (exact) mass is 279 g/mol. The van der Waals surface area contributed by atoms with Gasteiger partial charge in [-0.25, -0.2) is 0 Å². The maximum atomic E-state index is 6.13. The van der Waals surface area contributed by atoms with Gasteiger partial charge in [0.15, 0.2) is 0 Å². The molecular formula is C13H14ClN3S. The highest BCUT2D eigenvalue weighted by Crippen LogP contribution is 2.30. The first kappa shape index (κ1) is 12.1. The summed E-state index contributed by atoms with van der Waals surface area (Å²) in [5, 5.41) is 14.7. The standard InChI is InChI=1S/C13H14ClN3S/c1-8-10(3-2-4-11(8)14)13-17-16-12(18-13)7-15-9-5-6-9/h2-4,9,15H,5-7H2,1H3. The maximum absolute atomic E-state index is 6.13. The van der Waals surface area contributed by atoms with Gasteiger partial charge in [0, 0.05) is 23.2 Å². The van der Waals surface area contributed by atoms with Crippen molar-refractivity contribution in [3.63, 3.8) is 0 Å². The zero-order valence-corrected chi connectivity index (χ0v) is 11.7. The molecule has 0 spiro atoms. The summed E-state index contributed by atoms with van der Waals surface area (Å²) in [6, 6.07) is 6.59. The van der Waals surface area contributed by atoms with Gasteiger partial charge in [-0.05, 0) is 31.4 Å². The molecule has 1 aliphatic rings. The highest BCUT2D eigenvalue weighted by molar-refractivity contribution is 7.14. The van der Waals surface area contributed by atoms with E-state index in [0.29, 0.717) is 6.04 Å². The molecule has 3 rings (SSSR count). The molecule has 5 heteroatoms. The van der Waals surface area contributed by atoms with Crippen molar-refractivity contribution in [1.82, 2.24) is 15.5 Å². The molecule has 0 unspecified atom stereocenters. The lowest BCUT2D eigenvalue weighted by molar-refractivity contribution is 0.679. The summed E-state index contributed by atoms with van der Waals surface area (Å²) in [6.07, 6.45) is 2.58. The van der Waals surface area contributed by atoms with Crippen LogP contribution in [0.2, 0.25) is 5.02 Å². The lowest BCUT2D eigenvalue weighted by Gasteiger charge is -2.02. The predicted molar refractivity (Wildman–Crippen MR) is 75.0 cm³/mol. The van der Waals surface area contributed by atoms with Crippen LogP contribution < -0.4 is 5.32 Å². The second-order valence-electron chi connectivity index (χ2n) is 4.57. The molecule has 1 aliphatic carbocycles. The number of hydrogen-bond donors (Lipinski definition) is 1. The number of aromatic nitrogens is 2. The second-order valence-corrected chi connectivity index (χ2v) is 6.04. The van der Waals surface area contributed by atoms with E-state index in [0.717, 1.165) is 32.7 Å². The van der Waals surface area contributed by atoms with E-state index in [2.05, 4.69) is 15.5 Å². The summed E-state index contributed by atoms with van der Waals surface area (Å²) in [6.45, 7) is 2.84. The van der Waals surface area contributed by atoms with E-state index in [1.54, 1.807) is 11.3 Å². The molecule has 3 nitrogen and oxygen atoms in total. The lowest BCUT2D eigenvalue weighted by Crippen LogP contribution is -2.14. The zero-order valence-electron chi connectivity index (χ0n) is 10.1. The summed E-state index contributed by atoms with van der Waals surface area (Å²) in [5.74, 6) is 0. The highest BCUT2D eigenvalue weighted by Gasteiger charge is 2.21. The topological polar surface area (TPSA) is 37.8 Å². The Bertz CT molecular complexity index is 563. The number of rotatable bonds is 4. The zero-order chi connectivity index (χ0) is 12.5. The van der Waals surface area contributed by atoms with E-state index in [9.17, 15) is 0 Å². The molecule has 0 amide bonds. The molecule has 1 N–H and O–H groups in total. The van der Waals surface area contributed by atoms with Crippen LogP contribution in [-0.2, 0) is 6.54 Å². The average molecular weight is 280 g/mol. The van der Waals surface area contributed by atoms with Crippen LogP contribution in [0.4, 0.5) is 0 Å². The van der Waals surface area contributed by atoms with Crippen LogP contribution in [0.15, 0.2) is 18.2 Å². The third-order valence-corrected chi connectivity index (χ3v) is 4.45. The van der Waals surface area contributed by atoms with Gasteiger partial charge < -0.3 is 5.32 Å². The Labute approximate surface area is 115 Å². The molecular weight excluding hydrogens is 266 g/mol. The molecule has 0 radical (unpaired) electrons. The van der Waals surface area contributed by atoms with E-state index in [4.69, 9.17) is 11.6 Å². The van der Waals surface area contributed by atoms with Gasteiger partial charge in [0.25, 0.3) is 0 Å². The molecule has 0 saturated heterocycles. The third kappa shape index (κ3) is 2.55. The number of hydrogen-bond acceptors (Lipinski definition) is 4. The summed E-state index contributed by atoms with van der Waals surface area (Å²) in [5.41, 5.74) is 2.15. The van der Waals surface area contributed by atoms with E-state index in [1.807, 2.05) is 25.1 Å². The predicted octanol–water partition coefficient (Wildman–Crippen LogP) is 3.42. The van der Waals surface area contributed by atoms with Gasteiger partial charge >= 0.3 is 0 Å². The van der Waals surface area contributed by atoms with Crippen LogP contribution >= 0.6 is 22.9 Å². The van der Waals surface area contributed by atoms with Gasteiger partial charge in [-0.15, -0.1) is 10.2 Å². The molecule has 1 fully saturated rings. The minimum absolute atomic E-state index is 0.699. The van der Waals surface area contributed by atoms with Crippen LogP contribution in [0.25, 0.3) is 10.6 Å². The Balaban J connectivity index is 1.80. The van der Waals surface area contributed by atoms with Crippen molar-refractivity contribution < 1.29 is 0 Å². The van der Waals surface area contributed by atoms with E-state index in [-0.39, 0.29) is 0 Å². The molecule has 1 saturated carbocycles. The van der Waals surface area contributed by atoms with E-state index in [1.165, 1.54) is 12.8 Å². The Morgan fingerprint density at radius 1 is 1.39 bits per heavy atom. The number of nitrogens with zero attached hydrogens (tertiary/aromatic N) is 2. The summed E-state index contributed by atoms with van der Waals surface area (Å²) in [4.78, 5) is 0. The van der Waals surface area contributed by atoms with Crippen LogP contribution in [-0.4, -0.2) is 16.2 Å². The SMILES string of the molecule is Cc1c(Cl)cccc1-c1nnc(CNC2CC2)s1. The normalized spacial score (nSPS) is 15.0. The third-order valence-electron chi connectivity index (χ3n) is 3.08. The van der Waals surface area contributed by atoms with Gasteiger partial charge in [-0.2, -0.15) is 0 Å². The molecule has 1 aromatic heterocycles. The number of benzene rings is 1. The minimum atomic E-state index is 0.699. The van der Waals surface area contributed by atoms with Crippen molar-refractivity contribution in [3.8, 4) is 10.6 Å². The van der Waals surface area contributed by atoms with Crippen molar-refractivity contribution in [3.05, 3.63) is 33.8 Å². The molecule has 1 aromatic carbocycles. The fourth-order valence-corrected chi connectivity index (χ4v) is 2.84. The Morgan fingerprint density at radius 3 is 3.00 bits per heavy atom. The van der Waals surface area contributed by atoms with Crippen molar-refractivity contribution in [2.45, 2.75) is 32.4 Å². The molecule has 0 atom stereocenters. The molecule has 0 bridgehead atoms. The fraction of sp³-hybridized carbons (Fsp3) is 0.385. The van der Waals surface area contributed by atoms with Gasteiger partial charge in [0.05, 0.1) is 0 Å². The minimum Gasteiger partial charge on any atom is -0.308 e. The smallest absolute Gasteiger partial charge is 0.148 e. The molecule has 18 heavy (non-hydrogen) atoms. The summed E-state index contributed by atoms with van der Waals surface area (Å²) in [7, 11) is 0. The second kappa shape index (κ2) is 4.96. The van der Waals surface area contributed by atoms with Gasteiger partial charge in [-0.3, -0.25) is 0 Å². The first-order valence-corrected chi connectivity index (χ1v) is 7.25. The maximum Gasteiger partial charge on any atom is 0.148 e. The van der Waals surface area contributed by atoms with Gasteiger partial charge in [0.2, 0.25) is 0 Å². The summed E-state index contributed by atoms with van der Waals surface area (Å²) >= 11 is 7.76. The first-order chi connectivity index (χ1) is 8.74. The van der Waals surface area contributed by atoms with E-state index >= 15 is 0 Å². The molecule has 1 heterocycles. The van der Waals surface area contributed by atoms with Gasteiger partial charge in [-0.1, -0.05) is 35.1 Å². The van der Waals surface area contributed by atoms with Crippen LogP contribution in [0.1, 0.15) is 23.4 Å². The van der Waals surface area contributed by atoms with Crippen molar-refractivity contribution in [1.29, 1.82) is 0 Å². The molecule has 94 valence electrons. The van der Waals surface area contributed by atoms with Crippen molar-refractivity contribution in [2.75, 3.05) is 0 Å². The van der Waals surface area contributed by atoms with Crippen LogP contribution in [0.3, 0.4) is 0 Å². The molecule has 2 aromatic rings. The van der Waals surface area contributed by atoms with Crippen LogP contribution in [0, 0.1) is 6.92 Å². The molecule has 0 aliphatic heterocycles. The van der Waals surface area contributed by atoms with Gasteiger partial charge in [0.1, 0.15) is 10.0 Å². The highest BCUT2D eigenvalue weighted by atomic mass is 35.5. The van der Waals surface area contributed by atoms with Crippen molar-refractivity contribution >= 4 is 22.9 Å². The largest absolute Gasteiger partial charge is 0.308 e.